The molecule has 0 spiro atoms. The van der Waals surface area contributed by atoms with E-state index < -0.39 is 0 Å². The third-order valence-corrected chi connectivity index (χ3v) is 3.50. The van der Waals surface area contributed by atoms with Gasteiger partial charge in [0.15, 0.2) is 0 Å². The molecule has 1 amide bonds. The molecule has 104 valence electrons. The molecule has 0 bridgehead atoms. The number of nitrogens with two attached hydrogens (primary N) is 1. The lowest BCUT2D eigenvalue weighted by Gasteiger charge is -2.21. The first-order valence-corrected chi connectivity index (χ1v) is 6.76. The quantitative estimate of drug-likeness (QED) is 0.843. The number of nitrogens with one attached hydrogen (secondary N) is 1. The first kappa shape index (κ1) is 13.9. The predicted octanol–water partition coefficient (Wildman–Crippen LogP) is 1.40. The van der Waals surface area contributed by atoms with Crippen LogP contribution in [0.4, 0.5) is 0 Å². The second-order valence-corrected chi connectivity index (χ2v) is 5.59. The zero-order chi connectivity index (χ0) is 14.0. The zero-order valence-electron chi connectivity index (χ0n) is 11.8. The highest BCUT2D eigenvalue weighted by atomic mass is 16.5. The maximum atomic E-state index is 11.3. The lowest BCUT2D eigenvalue weighted by Crippen LogP contribution is -2.48. The Hall–Kier alpha value is -1.55. The Morgan fingerprint density at radius 1 is 1.53 bits per heavy atom. The Labute approximate surface area is 114 Å². The highest BCUT2D eigenvalue weighted by Crippen LogP contribution is 2.29. The van der Waals surface area contributed by atoms with Crippen LogP contribution in [-0.2, 0) is 11.2 Å². The van der Waals surface area contributed by atoms with Gasteiger partial charge in [-0.1, -0.05) is 31.5 Å². The number of primary amides is 1. The van der Waals surface area contributed by atoms with Gasteiger partial charge in [0, 0.05) is 13.0 Å². The molecule has 1 aromatic rings. The number of hydrogen-bond donors (Lipinski definition) is 2. The van der Waals surface area contributed by atoms with Gasteiger partial charge in [0.05, 0.1) is 6.04 Å². The van der Waals surface area contributed by atoms with Crippen molar-refractivity contribution in [3.63, 3.8) is 0 Å². The standard InChI is InChI=1S/C15H22N2O2/c1-9(2)14(15(16)18)17-8-12-7-11-6-10(3)4-5-13(11)19-12/h4-6,9,12,14,17H,7-8H2,1-3H3,(H2,16,18). The van der Waals surface area contributed by atoms with E-state index in [0.717, 1.165) is 12.2 Å². The highest BCUT2D eigenvalue weighted by molar-refractivity contribution is 5.80. The Kier molecular flexibility index (Phi) is 4.10. The monoisotopic (exact) mass is 262 g/mol. The van der Waals surface area contributed by atoms with Gasteiger partial charge in [0.25, 0.3) is 0 Å². The Morgan fingerprint density at radius 2 is 2.26 bits per heavy atom. The van der Waals surface area contributed by atoms with Gasteiger partial charge >= 0.3 is 0 Å². The SMILES string of the molecule is Cc1ccc2c(c1)CC(CNC(C(N)=O)C(C)C)O2. The van der Waals surface area contributed by atoms with Crippen LogP contribution in [0.5, 0.6) is 5.75 Å². The minimum atomic E-state index is -0.304. The molecule has 0 saturated carbocycles. The first-order chi connectivity index (χ1) is 8.97. The predicted molar refractivity (Wildman–Crippen MR) is 75.1 cm³/mol. The lowest BCUT2D eigenvalue weighted by molar-refractivity contribution is -0.121. The van der Waals surface area contributed by atoms with Crippen LogP contribution in [0.3, 0.4) is 0 Å². The van der Waals surface area contributed by atoms with E-state index >= 15 is 0 Å². The second kappa shape index (κ2) is 5.61. The van der Waals surface area contributed by atoms with E-state index in [-0.39, 0.29) is 24.0 Å². The molecule has 19 heavy (non-hydrogen) atoms. The molecule has 0 radical (unpaired) electrons. The summed E-state index contributed by atoms with van der Waals surface area (Å²) in [7, 11) is 0. The van der Waals surface area contributed by atoms with E-state index in [1.807, 2.05) is 19.9 Å². The zero-order valence-corrected chi connectivity index (χ0v) is 11.8. The van der Waals surface area contributed by atoms with Crippen LogP contribution < -0.4 is 15.8 Å². The average molecular weight is 262 g/mol. The van der Waals surface area contributed by atoms with Gasteiger partial charge in [-0.05, 0) is 24.5 Å². The van der Waals surface area contributed by atoms with Gasteiger partial charge in [-0.25, -0.2) is 0 Å². The summed E-state index contributed by atoms with van der Waals surface area (Å²) >= 11 is 0. The number of benzene rings is 1. The average Bonchev–Trinajstić information content (AvgIpc) is 2.70. The fourth-order valence-electron chi connectivity index (χ4n) is 2.49. The van der Waals surface area contributed by atoms with E-state index in [0.29, 0.717) is 6.54 Å². The van der Waals surface area contributed by atoms with Gasteiger partial charge in [0.2, 0.25) is 5.91 Å². The van der Waals surface area contributed by atoms with Crippen molar-refractivity contribution in [2.24, 2.45) is 11.7 Å². The lowest BCUT2D eigenvalue weighted by atomic mass is 10.0. The fourth-order valence-corrected chi connectivity index (χ4v) is 2.49. The molecule has 1 aliphatic rings. The van der Waals surface area contributed by atoms with Crippen molar-refractivity contribution in [2.45, 2.75) is 39.3 Å². The summed E-state index contributed by atoms with van der Waals surface area (Å²) in [4.78, 5) is 11.3. The van der Waals surface area contributed by atoms with E-state index in [1.54, 1.807) is 0 Å². The maximum absolute atomic E-state index is 11.3. The molecule has 0 fully saturated rings. The highest BCUT2D eigenvalue weighted by Gasteiger charge is 2.25. The number of hydrogen-bond acceptors (Lipinski definition) is 3. The number of rotatable bonds is 5. The number of carbonyl (C=O) groups excluding carboxylic acids is 1. The maximum Gasteiger partial charge on any atom is 0.234 e. The van der Waals surface area contributed by atoms with Crippen molar-refractivity contribution >= 4 is 5.91 Å². The Balaban J connectivity index is 1.92. The fraction of sp³-hybridized carbons (Fsp3) is 0.533. The molecule has 2 rings (SSSR count). The minimum Gasteiger partial charge on any atom is -0.488 e. The summed E-state index contributed by atoms with van der Waals surface area (Å²) in [6, 6.07) is 5.92. The van der Waals surface area contributed by atoms with Crippen LogP contribution in [0.25, 0.3) is 0 Å². The first-order valence-electron chi connectivity index (χ1n) is 6.76. The van der Waals surface area contributed by atoms with Gasteiger partial charge in [-0.3, -0.25) is 4.79 Å². The molecule has 2 atom stereocenters. The van der Waals surface area contributed by atoms with Gasteiger partial charge in [-0.2, -0.15) is 0 Å². The van der Waals surface area contributed by atoms with E-state index in [9.17, 15) is 4.79 Å². The molecule has 0 saturated heterocycles. The van der Waals surface area contributed by atoms with Crippen LogP contribution in [0.15, 0.2) is 18.2 Å². The third-order valence-electron chi connectivity index (χ3n) is 3.50. The van der Waals surface area contributed by atoms with E-state index in [2.05, 4.69) is 24.4 Å². The number of aryl methyl sites for hydroxylation is 1. The Morgan fingerprint density at radius 3 is 2.89 bits per heavy atom. The molecule has 0 aliphatic carbocycles. The minimum absolute atomic E-state index is 0.0809. The second-order valence-electron chi connectivity index (χ2n) is 5.59. The van der Waals surface area contributed by atoms with Gasteiger partial charge in [0.1, 0.15) is 11.9 Å². The summed E-state index contributed by atoms with van der Waals surface area (Å²) in [5.41, 5.74) is 7.87. The number of fused-ring (bicyclic) bond motifs is 1. The van der Waals surface area contributed by atoms with Crippen LogP contribution in [-0.4, -0.2) is 24.6 Å². The van der Waals surface area contributed by atoms with Crippen LogP contribution in [0.1, 0.15) is 25.0 Å². The molecule has 0 aromatic heterocycles. The van der Waals surface area contributed by atoms with Crippen molar-refractivity contribution in [1.82, 2.24) is 5.32 Å². The van der Waals surface area contributed by atoms with Crippen molar-refractivity contribution < 1.29 is 9.53 Å². The van der Waals surface area contributed by atoms with Crippen molar-refractivity contribution in [1.29, 1.82) is 0 Å². The molecule has 1 aromatic carbocycles. The van der Waals surface area contributed by atoms with E-state index in [1.165, 1.54) is 11.1 Å². The van der Waals surface area contributed by atoms with E-state index in [4.69, 9.17) is 10.5 Å². The summed E-state index contributed by atoms with van der Waals surface area (Å²) in [6.07, 6.45) is 0.963. The summed E-state index contributed by atoms with van der Waals surface area (Å²) in [5, 5.41) is 3.21. The molecule has 2 unspecified atom stereocenters. The Bertz CT molecular complexity index is 471. The summed E-state index contributed by atoms with van der Waals surface area (Å²) in [6.45, 7) is 6.68. The van der Waals surface area contributed by atoms with Gasteiger partial charge in [-0.15, -0.1) is 0 Å². The molecule has 4 heteroatoms. The molecular formula is C15H22N2O2. The van der Waals surface area contributed by atoms with Crippen LogP contribution >= 0.6 is 0 Å². The molecular weight excluding hydrogens is 240 g/mol. The molecule has 1 aliphatic heterocycles. The number of carbonyl (C=O) groups is 1. The summed E-state index contributed by atoms with van der Waals surface area (Å²) < 4.78 is 5.86. The molecule has 4 nitrogen and oxygen atoms in total. The van der Waals surface area contributed by atoms with Crippen molar-refractivity contribution in [2.75, 3.05) is 6.54 Å². The molecule has 1 heterocycles. The number of ether oxygens (including phenoxy) is 1. The normalized spacial score (nSPS) is 19.1. The smallest absolute Gasteiger partial charge is 0.234 e. The summed E-state index contributed by atoms with van der Waals surface area (Å²) in [5.74, 6) is 0.836. The topological polar surface area (TPSA) is 64.3 Å². The van der Waals surface area contributed by atoms with Crippen LogP contribution in [0, 0.1) is 12.8 Å². The van der Waals surface area contributed by atoms with Crippen molar-refractivity contribution in [3.8, 4) is 5.75 Å². The molecule has 3 N–H and O–H groups in total. The van der Waals surface area contributed by atoms with Crippen LogP contribution in [0.2, 0.25) is 0 Å². The van der Waals surface area contributed by atoms with Crippen molar-refractivity contribution in [3.05, 3.63) is 29.3 Å². The van der Waals surface area contributed by atoms with Gasteiger partial charge < -0.3 is 15.8 Å². The number of amides is 1. The largest absolute Gasteiger partial charge is 0.488 e. The third kappa shape index (κ3) is 3.26.